The van der Waals surface area contributed by atoms with Crippen molar-refractivity contribution in [2.45, 2.75) is 65.8 Å². The minimum absolute atomic E-state index is 0.0111. The summed E-state index contributed by atoms with van der Waals surface area (Å²) < 4.78 is 6.47. The molecule has 0 unspecified atom stereocenters. The van der Waals surface area contributed by atoms with E-state index in [9.17, 15) is 4.79 Å². The zero-order valence-corrected chi connectivity index (χ0v) is 16.9. The van der Waals surface area contributed by atoms with Crippen molar-refractivity contribution >= 4 is 21.8 Å². The van der Waals surface area contributed by atoms with E-state index in [1.54, 1.807) is 0 Å². The van der Waals surface area contributed by atoms with Crippen molar-refractivity contribution < 1.29 is 9.53 Å². The molecule has 3 nitrogen and oxygen atoms in total. The van der Waals surface area contributed by atoms with Crippen LogP contribution < -0.4 is 10.1 Å². The summed E-state index contributed by atoms with van der Waals surface area (Å²) in [5.74, 6) is 1.56. The van der Waals surface area contributed by atoms with Crippen molar-refractivity contribution in [2.24, 2.45) is 11.3 Å². The summed E-state index contributed by atoms with van der Waals surface area (Å²) in [6.45, 7) is 9.70. The van der Waals surface area contributed by atoms with Gasteiger partial charge in [0, 0.05) is 11.6 Å². The van der Waals surface area contributed by atoms with Gasteiger partial charge in [0.05, 0.1) is 11.1 Å². The Kier molecular flexibility index (Phi) is 6.73. The molecule has 134 valence electrons. The highest BCUT2D eigenvalue weighted by Crippen LogP contribution is 2.37. The Morgan fingerprint density at radius 1 is 1.25 bits per heavy atom. The van der Waals surface area contributed by atoms with Crippen molar-refractivity contribution in [3.63, 3.8) is 0 Å². The topological polar surface area (TPSA) is 38.3 Å². The van der Waals surface area contributed by atoms with E-state index >= 15 is 0 Å². The van der Waals surface area contributed by atoms with Gasteiger partial charge in [-0.1, -0.05) is 27.7 Å². The zero-order valence-electron chi connectivity index (χ0n) is 15.3. The third-order valence-corrected chi connectivity index (χ3v) is 5.56. The lowest BCUT2D eigenvalue weighted by Gasteiger charge is -2.37. The quantitative estimate of drug-likeness (QED) is 0.706. The SMILES string of the molecule is CCCOc1ccc(C(=O)NC2CCC(C(C)(C)C)CC2)cc1Br. The van der Waals surface area contributed by atoms with Crippen LogP contribution in [0, 0.1) is 11.3 Å². The molecule has 1 fully saturated rings. The zero-order chi connectivity index (χ0) is 17.7. The summed E-state index contributed by atoms with van der Waals surface area (Å²) in [4.78, 5) is 12.5. The molecule has 2 rings (SSSR count). The van der Waals surface area contributed by atoms with Crippen LogP contribution in [0.3, 0.4) is 0 Å². The smallest absolute Gasteiger partial charge is 0.251 e. The number of carbonyl (C=O) groups is 1. The molecule has 1 saturated carbocycles. The highest BCUT2D eigenvalue weighted by atomic mass is 79.9. The maximum Gasteiger partial charge on any atom is 0.251 e. The Morgan fingerprint density at radius 2 is 1.92 bits per heavy atom. The second kappa shape index (κ2) is 8.37. The molecular weight excluding hydrogens is 366 g/mol. The first-order valence-corrected chi connectivity index (χ1v) is 9.83. The summed E-state index contributed by atoms with van der Waals surface area (Å²) in [6.07, 6.45) is 5.51. The number of amides is 1. The number of rotatable bonds is 5. The molecule has 0 aromatic heterocycles. The first kappa shape index (κ1) is 19.3. The number of nitrogens with one attached hydrogen (secondary N) is 1. The second-order valence-electron chi connectivity index (χ2n) is 7.88. The first-order valence-electron chi connectivity index (χ1n) is 9.04. The third kappa shape index (κ3) is 5.23. The molecule has 1 N–H and O–H groups in total. The van der Waals surface area contributed by atoms with Gasteiger partial charge in [0.2, 0.25) is 0 Å². The highest BCUT2D eigenvalue weighted by molar-refractivity contribution is 9.10. The van der Waals surface area contributed by atoms with Crippen molar-refractivity contribution in [3.05, 3.63) is 28.2 Å². The Labute approximate surface area is 154 Å². The average Bonchev–Trinajstić information content (AvgIpc) is 2.53. The molecule has 0 atom stereocenters. The van der Waals surface area contributed by atoms with Crippen LogP contribution in [-0.2, 0) is 0 Å². The van der Waals surface area contributed by atoms with E-state index in [0.717, 1.165) is 35.4 Å². The van der Waals surface area contributed by atoms with Crippen LogP contribution in [0.2, 0.25) is 0 Å². The number of benzene rings is 1. The fraction of sp³-hybridized carbons (Fsp3) is 0.650. The minimum Gasteiger partial charge on any atom is -0.492 e. The van der Waals surface area contributed by atoms with Gasteiger partial charge in [-0.25, -0.2) is 0 Å². The molecule has 24 heavy (non-hydrogen) atoms. The van der Waals surface area contributed by atoms with Crippen LogP contribution in [0.15, 0.2) is 22.7 Å². The van der Waals surface area contributed by atoms with Gasteiger partial charge in [-0.15, -0.1) is 0 Å². The van der Waals surface area contributed by atoms with Gasteiger partial charge < -0.3 is 10.1 Å². The van der Waals surface area contributed by atoms with E-state index in [1.165, 1.54) is 12.8 Å². The first-order chi connectivity index (χ1) is 11.3. The molecule has 0 aliphatic heterocycles. The van der Waals surface area contributed by atoms with E-state index in [0.29, 0.717) is 23.6 Å². The lowest BCUT2D eigenvalue weighted by Crippen LogP contribution is -2.39. The number of halogens is 1. The van der Waals surface area contributed by atoms with Gasteiger partial charge in [0.15, 0.2) is 0 Å². The molecule has 0 bridgehead atoms. The Balaban J connectivity index is 1.90. The van der Waals surface area contributed by atoms with E-state index in [-0.39, 0.29) is 5.91 Å². The van der Waals surface area contributed by atoms with E-state index < -0.39 is 0 Å². The molecule has 1 aromatic rings. The molecule has 1 aliphatic rings. The van der Waals surface area contributed by atoms with Gasteiger partial charge in [-0.2, -0.15) is 0 Å². The van der Waals surface area contributed by atoms with Crippen LogP contribution in [0.1, 0.15) is 70.2 Å². The van der Waals surface area contributed by atoms with Crippen LogP contribution in [-0.4, -0.2) is 18.6 Å². The lowest BCUT2D eigenvalue weighted by atomic mass is 9.71. The Morgan fingerprint density at radius 3 is 2.46 bits per heavy atom. The van der Waals surface area contributed by atoms with Gasteiger partial charge in [-0.05, 0) is 77.6 Å². The molecular formula is C20H30BrNO2. The molecule has 0 spiro atoms. The maximum atomic E-state index is 12.5. The largest absolute Gasteiger partial charge is 0.492 e. The highest BCUT2D eigenvalue weighted by Gasteiger charge is 2.30. The molecule has 1 aromatic carbocycles. The van der Waals surface area contributed by atoms with Gasteiger partial charge in [-0.3, -0.25) is 4.79 Å². The molecule has 1 aliphatic carbocycles. The van der Waals surface area contributed by atoms with Crippen LogP contribution in [0.4, 0.5) is 0 Å². The molecule has 0 radical (unpaired) electrons. The minimum atomic E-state index is 0.0111. The van der Waals surface area contributed by atoms with Gasteiger partial charge in [0.25, 0.3) is 5.91 Å². The van der Waals surface area contributed by atoms with Gasteiger partial charge in [0.1, 0.15) is 5.75 Å². The van der Waals surface area contributed by atoms with Crippen LogP contribution in [0.5, 0.6) is 5.75 Å². The average molecular weight is 396 g/mol. The summed E-state index contributed by atoms with van der Waals surface area (Å²) in [5.41, 5.74) is 1.05. The predicted molar refractivity (Wildman–Crippen MR) is 103 cm³/mol. The molecule has 1 amide bonds. The predicted octanol–water partition coefficient (Wildman–Crippen LogP) is 5.57. The fourth-order valence-electron chi connectivity index (χ4n) is 3.34. The summed E-state index contributed by atoms with van der Waals surface area (Å²) in [7, 11) is 0. The third-order valence-electron chi connectivity index (χ3n) is 4.94. The molecule has 4 heteroatoms. The fourth-order valence-corrected chi connectivity index (χ4v) is 3.84. The number of hydrogen-bond donors (Lipinski definition) is 1. The van der Waals surface area contributed by atoms with Crippen molar-refractivity contribution in [2.75, 3.05) is 6.61 Å². The normalized spacial score (nSPS) is 21.4. The molecule has 0 heterocycles. The number of ether oxygens (including phenoxy) is 1. The lowest BCUT2D eigenvalue weighted by molar-refractivity contribution is 0.0904. The van der Waals surface area contributed by atoms with Crippen molar-refractivity contribution in [1.29, 1.82) is 0 Å². The van der Waals surface area contributed by atoms with Crippen molar-refractivity contribution in [1.82, 2.24) is 5.32 Å². The van der Waals surface area contributed by atoms with Crippen molar-refractivity contribution in [3.8, 4) is 5.75 Å². The summed E-state index contributed by atoms with van der Waals surface area (Å²) in [5, 5.41) is 3.20. The van der Waals surface area contributed by atoms with Crippen LogP contribution >= 0.6 is 15.9 Å². The standard InChI is InChI=1S/C20H30BrNO2/c1-5-12-24-18-11-6-14(13-17(18)21)19(23)22-16-9-7-15(8-10-16)20(2,3)4/h6,11,13,15-16H,5,7-10,12H2,1-4H3,(H,22,23). The number of carbonyl (C=O) groups excluding carboxylic acids is 1. The second-order valence-corrected chi connectivity index (χ2v) is 8.74. The van der Waals surface area contributed by atoms with Crippen LogP contribution in [0.25, 0.3) is 0 Å². The monoisotopic (exact) mass is 395 g/mol. The van der Waals surface area contributed by atoms with E-state index in [4.69, 9.17) is 4.74 Å². The summed E-state index contributed by atoms with van der Waals surface area (Å²) in [6, 6.07) is 5.85. The van der Waals surface area contributed by atoms with E-state index in [1.807, 2.05) is 18.2 Å². The molecule has 0 saturated heterocycles. The maximum absolute atomic E-state index is 12.5. The number of hydrogen-bond acceptors (Lipinski definition) is 2. The summed E-state index contributed by atoms with van der Waals surface area (Å²) >= 11 is 3.50. The Bertz CT molecular complexity index is 557. The van der Waals surface area contributed by atoms with E-state index in [2.05, 4.69) is 48.9 Å². The Hall–Kier alpha value is -1.03. The van der Waals surface area contributed by atoms with Gasteiger partial charge >= 0.3 is 0 Å².